The number of piperidine rings is 1. The van der Waals surface area contributed by atoms with Crippen molar-refractivity contribution in [2.45, 2.75) is 38.6 Å². The number of amides is 1. The number of nitrogens with one attached hydrogen (secondary N) is 2. The number of halogens is 1. The highest BCUT2D eigenvalue weighted by Crippen LogP contribution is 2.32. The van der Waals surface area contributed by atoms with E-state index in [1.807, 2.05) is 38.2 Å². The maximum Gasteiger partial charge on any atom is 0.281 e. The van der Waals surface area contributed by atoms with Gasteiger partial charge < -0.3 is 15.0 Å². The minimum Gasteiger partial charge on any atom is -0.481 e. The molecule has 1 atom stereocenters. The molecule has 4 aromatic rings. The minimum atomic E-state index is -0.350. The van der Waals surface area contributed by atoms with Crippen LogP contribution in [0.2, 0.25) is 5.15 Å². The average molecular weight is 608 g/mol. The standard InChI is InChI=1S/C30H34ClN7O3S/c1-17-14-21(18(2)33-23-7-8-24(31)34-27(23)28(39)36-42-5)26-22(15-17)29(40)37(3)30(35-26)38-12-10-19(11-13-38)20-6-9-25(41-4)32-16-20/h6-9,14-16,18-19,33H,10-13H2,1-5H3,(H,36,39). The van der Waals surface area contributed by atoms with Crippen molar-refractivity contribution in [3.63, 3.8) is 0 Å². The molecule has 3 aromatic heterocycles. The van der Waals surface area contributed by atoms with Crippen LogP contribution in [0.1, 0.15) is 58.9 Å². The van der Waals surface area contributed by atoms with Crippen molar-refractivity contribution in [2.24, 2.45) is 7.05 Å². The molecule has 220 valence electrons. The number of pyridine rings is 2. The third-order valence-corrected chi connectivity index (χ3v) is 8.26. The quantitative estimate of drug-likeness (QED) is 0.204. The Morgan fingerprint density at radius 1 is 1.17 bits per heavy atom. The van der Waals surface area contributed by atoms with Crippen molar-refractivity contribution in [1.29, 1.82) is 0 Å². The van der Waals surface area contributed by atoms with E-state index in [9.17, 15) is 9.59 Å². The van der Waals surface area contributed by atoms with Gasteiger partial charge in [-0.2, -0.15) is 0 Å². The van der Waals surface area contributed by atoms with Gasteiger partial charge in [-0.25, -0.2) is 15.0 Å². The van der Waals surface area contributed by atoms with Crippen LogP contribution in [0.5, 0.6) is 5.88 Å². The van der Waals surface area contributed by atoms with E-state index in [1.54, 1.807) is 37.1 Å². The number of aryl methyl sites for hydroxylation is 1. The zero-order valence-corrected chi connectivity index (χ0v) is 25.8. The fraction of sp³-hybridized carbons (Fsp3) is 0.367. The average Bonchev–Trinajstić information content (AvgIpc) is 3.00. The molecule has 0 aliphatic carbocycles. The predicted molar refractivity (Wildman–Crippen MR) is 169 cm³/mol. The second-order valence-corrected chi connectivity index (χ2v) is 11.5. The second-order valence-electron chi connectivity index (χ2n) is 10.5. The van der Waals surface area contributed by atoms with Gasteiger partial charge in [0.1, 0.15) is 5.15 Å². The fourth-order valence-electron chi connectivity index (χ4n) is 5.50. The summed E-state index contributed by atoms with van der Waals surface area (Å²) in [4.78, 5) is 42.2. The SMILES string of the molecule is COc1ccc(C2CCN(c3nc4c(C(C)Nc5ccc(Cl)nc5C(=O)NSC)cc(C)cc4c(=O)n3C)CC2)cn1. The van der Waals surface area contributed by atoms with Crippen molar-refractivity contribution in [3.05, 3.63) is 80.5 Å². The lowest BCUT2D eigenvalue weighted by Crippen LogP contribution is -2.37. The molecule has 0 radical (unpaired) electrons. The maximum absolute atomic E-state index is 13.7. The number of rotatable bonds is 8. The lowest BCUT2D eigenvalue weighted by atomic mass is 9.90. The van der Waals surface area contributed by atoms with Crippen LogP contribution < -0.4 is 25.2 Å². The summed E-state index contributed by atoms with van der Waals surface area (Å²) in [7, 11) is 3.39. The summed E-state index contributed by atoms with van der Waals surface area (Å²) in [5, 5.41) is 4.19. The highest BCUT2D eigenvalue weighted by atomic mass is 35.5. The van der Waals surface area contributed by atoms with Crippen molar-refractivity contribution in [2.75, 3.05) is 36.7 Å². The van der Waals surface area contributed by atoms with Crippen LogP contribution in [0.3, 0.4) is 0 Å². The van der Waals surface area contributed by atoms with Gasteiger partial charge in [0.05, 0.1) is 29.7 Å². The molecule has 1 fully saturated rings. The lowest BCUT2D eigenvalue weighted by Gasteiger charge is -2.33. The van der Waals surface area contributed by atoms with Gasteiger partial charge in [-0.1, -0.05) is 35.7 Å². The van der Waals surface area contributed by atoms with Crippen LogP contribution in [0.15, 0.2) is 47.4 Å². The number of carbonyl (C=O) groups is 1. The van der Waals surface area contributed by atoms with E-state index in [1.165, 1.54) is 17.5 Å². The zero-order chi connectivity index (χ0) is 30.0. The van der Waals surface area contributed by atoms with E-state index in [-0.39, 0.29) is 28.4 Å². The van der Waals surface area contributed by atoms with Crippen molar-refractivity contribution >= 4 is 52.0 Å². The van der Waals surface area contributed by atoms with Crippen LogP contribution in [-0.4, -0.2) is 51.9 Å². The van der Waals surface area contributed by atoms with Gasteiger partial charge >= 0.3 is 0 Å². The molecular weight excluding hydrogens is 574 g/mol. The highest BCUT2D eigenvalue weighted by Gasteiger charge is 2.26. The third kappa shape index (κ3) is 6.03. The van der Waals surface area contributed by atoms with E-state index < -0.39 is 0 Å². The van der Waals surface area contributed by atoms with Gasteiger partial charge in [-0.3, -0.25) is 18.9 Å². The lowest BCUT2D eigenvalue weighted by molar-refractivity contribution is 0.0980. The summed E-state index contributed by atoms with van der Waals surface area (Å²) in [5.41, 5.74) is 4.26. The number of carbonyl (C=O) groups excluding carboxylic acids is 1. The maximum atomic E-state index is 13.7. The van der Waals surface area contributed by atoms with E-state index >= 15 is 0 Å². The number of fused-ring (bicyclic) bond motifs is 1. The van der Waals surface area contributed by atoms with Gasteiger partial charge in [0, 0.05) is 44.2 Å². The van der Waals surface area contributed by atoms with E-state index in [2.05, 4.69) is 31.0 Å². The molecule has 1 unspecified atom stereocenters. The first-order chi connectivity index (χ1) is 20.2. The molecule has 0 spiro atoms. The Balaban J connectivity index is 1.46. The van der Waals surface area contributed by atoms with Gasteiger partial charge in [0.25, 0.3) is 11.5 Å². The monoisotopic (exact) mass is 607 g/mol. The van der Waals surface area contributed by atoms with Crippen LogP contribution >= 0.6 is 23.5 Å². The molecule has 0 bridgehead atoms. The van der Waals surface area contributed by atoms with Crippen LogP contribution in [0.25, 0.3) is 10.9 Å². The number of anilines is 2. The molecule has 42 heavy (non-hydrogen) atoms. The molecule has 1 aromatic carbocycles. The van der Waals surface area contributed by atoms with Crippen LogP contribution in [0, 0.1) is 6.92 Å². The van der Waals surface area contributed by atoms with Crippen LogP contribution in [0.4, 0.5) is 11.6 Å². The Morgan fingerprint density at radius 3 is 2.60 bits per heavy atom. The number of ether oxygens (including phenoxy) is 1. The number of methoxy groups -OCH3 is 1. The van der Waals surface area contributed by atoms with Crippen molar-refractivity contribution < 1.29 is 9.53 Å². The zero-order valence-electron chi connectivity index (χ0n) is 24.3. The Bertz CT molecular complexity index is 1670. The first-order valence-electron chi connectivity index (χ1n) is 13.7. The molecule has 0 saturated carbocycles. The summed E-state index contributed by atoms with van der Waals surface area (Å²) in [6.07, 6.45) is 5.49. The van der Waals surface area contributed by atoms with E-state index in [0.29, 0.717) is 34.3 Å². The number of hydrogen-bond acceptors (Lipinski definition) is 9. The molecular formula is C30H34ClN7O3S. The van der Waals surface area contributed by atoms with Crippen molar-refractivity contribution in [3.8, 4) is 5.88 Å². The molecule has 1 aliphatic heterocycles. The molecule has 1 amide bonds. The Labute approximate surface area is 254 Å². The smallest absolute Gasteiger partial charge is 0.281 e. The Kier molecular flexibility index (Phi) is 8.88. The van der Waals surface area contributed by atoms with Gasteiger partial charge in [0.15, 0.2) is 5.69 Å². The normalized spacial score (nSPS) is 14.6. The van der Waals surface area contributed by atoms with E-state index in [4.69, 9.17) is 21.3 Å². The van der Waals surface area contributed by atoms with Gasteiger partial charge in [-0.05, 0) is 61.9 Å². The predicted octanol–water partition coefficient (Wildman–Crippen LogP) is 5.26. The second kappa shape index (κ2) is 12.6. The third-order valence-electron chi connectivity index (χ3n) is 7.66. The molecule has 4 heterocycles. The summed E-state index contributed by atoms with van der Waals surface area (Å²) in [6, 6.07) is 11.0. The molecule has 12 heteroatoms. The summed E-state index contributed by atoms with van der Waals surface area (Å²) in [6.45, 7) is 5.47. The van der Waals surface area contributed by atoms with Gasteiger partial charge in [-0.15, -0.1) is 0 Å². The topological polar surface area (TPSA) is 114 Å². The number of hydrogen-bond donors (Lipinski definition) is 2. The minimum absolute atomic E-state index is 0.0955. The Morgan fingerprint density at radius 2 is 1.93 bits per heavy atom. The number of benzene rings is 1. The summed E-state index contributed by atoms with van der Waals surface area (Å²) >= 11 is 7.29. The highest BCUT2D eigenvalue weighted by molar-refractivity contribution is 7.97. The molecule has 10 nitrogen and oxygen atoms in total. The largest absolute Gasteiger partial charge is 0.481 e. The molecule has 2 N–H and O–H groups in total. The van der Waals surface area contributed by atoms with E-state index in [0.717, 1.165) is 37.1 Å². The molecule has 5 rings (SSSR count). The first-order valence-corrected chi connectivity index (χ1v) is 15.3. The molecule has 1 saturated heterocycles. The van der Waals surface area contributed by atoms with Gasteiger partial charge in [0.2, 0.25) is 11.8 Å². The van der Waals surface area contributed by atoms with Crippen LogP contribution in [-0.2, 0) is 7.05 Å². The first kappa shape index (κ1) is 29.7. The summed E-state index contributed by atoms with van der Waals surface area (Å²) < 4.78 is 9.55. The fourth-order valence-corrected chi connectivity index (χ4v) is 5.93. The number of nitrogens with zero attached hydrogens (tertiary/aromatic N) is 5. The Hall–Kier alpha value is -3.83. The number of aromatic nitrogens is 4. The van der Waals surface area contributed by atoms with Crippen molar-refractivity contribution in [1.82, 2.24) is 24.2 Å². The summed E-state index contributed by atoms with van der Waals surface area (Å²) in [5.74, 6) is 1.28. The molecule has 1 aliphatic rings.